The van der Waals surface area contributed by atoms with Crippen molar-refractivity contribution < 1.29 is 8.85 Å². The average molecular weight is 648 g/mol. The molecule has 7 heteroatoms. The second-order valence-electron chi connectivity index (χ2n) is 17.6. The Balaban J connectivity index is 1.83. The quantitative estimate of drug-likeness (QED) is 0.116. The molecule has 1 aliphatic heterocycles. The van der Waals surface area contributed by atoms with Gasteiger partial charge >= 0.3 is 0 Å². The highest BCUT2D eigenvalue weighted by Gasteiger charge is 2.35. The second-order valence-corrected chi connectivity index (χ2v) is 26.6. The minimum absolute atomic E-state index is 0.351. The van der Waals surface area contributed by atoms with Crippen molar-refractivity contribution in [3.05, 3.63) is 0 Å². The predicted octanol–water partition coefficient (Wildman–Crippen LogP) is 9.78. The molecule has 3 fully saturated rings. The van der Waals surface area contributed by atoms with Crippen LogP contribution in [0.15, 0.2) is 9.98 Å². The molecule has 44 heavy (non-hydrogen) atoms. The van der Waals surface area contributed by atoms with Gasteiger partial charge in [-0.05, 0) is 145 Å². The molecule has 2 saturated carbocycles. The lowest BCUT2D eigenvalue weighted by Crippen LogP contribution is -2.51. The Kier molecular flexibility index (Phi) is 14.9. The molecule has 5 nitrogen and oxygen atoms in total. The van der Waals surface area contributed by atoms with Crippen LogP contribution < -0.4 is 5.32 Å². The summed E-state index contributed by atoms with van der Waals surface area (Å²) in [5.74, 6) is 4.24. The molecular formula is C37H73N3O2Si2. The molecule has 256 valence electrons. The van der Waals surface area contributed by atoms with Gasteiger partial charge in [0, 0.05) is 36.7 Å². The first-order valence-corrected chi connectivity index (χ1v) is 25.5. The Morgan fingerprint density at radius 1 is 0.591 bits per heavy atom. The molecule has 0 radical (unpaired) electrons. The summed E-state index contributed by atoms with van der Waals surface area (Å²) in [6.45, 7) is 30.2. The van der Waals surface area contributed by atoms with E-state index in [0.29, 0.717) is 47.8 Å². The summed E-state index contributed by atoms with van der Waals surface area (Å²) in [4.78, 5) is 11.4. The molecule has 0 amide bonds. The molecule has 1 saturated heterocycles. The molecule has 1 heterocycles. The van der Waals surface area contributed by atoms with E-state index in [9.17, 15) is 0 Å². The Bertz CT molecular complexity index is 831. The summed E-state index contributed by atoms with van der Waals surface area (Å²) >= 11 is 0. The van der Waals surface area contributed by atoms with Crippen LogP contribution in [-0.2, 0) is 8.85 Å². The van der Waals surface area contributed by atoms with E-state index in [1.807, 2.05) is 0 Å². The van der Waals surface area contributed by atoms with Gasteiger partial charge in [-0.1, -0.05) is 41.5 Å². The first-order chi connectivity index (χ1) is 20.5. The molecule has 0 spiro atoms. The van der Waals surface area contributed by atoms with Crippen molar-refractivity contribution in [3.63, 3.8) is 0 Å². The highest BCUT2D eigenvalue weighted by atomic mass is 28.4. The number of piperidine rings is 1. The van der Waals surface area contributed by atoms with Gasteiger partial charge in [-0.2, -0.15) is 0 Å². The lowest BCUT2D eigenvalue weighted by atomic mass is 9.73. The van der Waals surface area contributed by atoms with Crippen LogP contribution in [0.1, 0.15) is 112 Å². The van der Waals surface area contributed by atoms with E-state index in [1.54, 1.807) is 0 Å². The van der Waals surface area contributed by atoms with Gasteiger partial charge in [-0.3, -0.25) is 9.98 Å². The molecule has 0 aromatic heterocycles. The minimum atomic E-state index is -1.51. The third-order valence-electron chi connectivity index (χ3n) is 10.5. The van der Waals surface area contributed by atoms with Gasteiger partial charge in [-0.25, -0.2) is 0 Å². The Hall–Kier alpha value is -0.346. The van der Waals surface area contributed by atoms with Crippen LogP contribution in [0.2, 0.25) is 39.3 Å². The van der Waals surface area contributed by atoms with Crippen molar-refractivity contribution in [2.75, 3.05) is 13.2 Å². The largest absolute Gasteiger partial charge is 0.418 e. The predicted molar refractivity (Wildman–Crippen MR) is 198 cm³/mol. The summed E-state index contributed by atoms with van der Waals surface area (Å²) < 4.78 is 12.6. The fourth-order valence-corrected chi connectivity index (χ4v) is 10.2. The van der Waals surface area contributed by atoms with Crippen molar-refractivity contribution >= 4 is 28.1 Å². The number of hydrogen-bond donors (Lipinski definition) is 1. The number of aliphatic imine (C=N–C) groups is 2. The van der Waals surface area contributed by atoms with E-state index in [2.05, 4.69) is 86.1 Å². The van der Waals surface area contributed by atoms with E-state index in [-0.39, 0.29) is 0 Å². The van der Waals surface area contributed by atoms with Gasteiger partial charge in [0.1, 0.15) is 0 Å². The number of rotatable bonds is 14. The smallest absolute Gasteiger partial charge is 0.183 e. The first-order valence-electron chi connectivity index (χ1n) is 18.7. The van der Waals surface area contributed by atoms with Gasteiger partial charge < -0.3 is 14.2 Å². The lowest BCUT2D eigenvalue weighted by molar-refractivity contribution is 0.195. The van der Waals surface area contributed by atoms with E-state index in [0.717, 1.165) is 50.7 Å². The summed E-state index contributed by atoms with van der Waals surface area (Å²) in [5, 5.41) is 4.20. The van der Waals surface area contributed by atoms with E-state index in [4.69, 9.17) is 18.8 Å². The highest BCUT2D eigenvalue weighted by Crippen LogP contribution is 2.37. The Morgan fingerprint density at radius 2 is 0.932 bits per heavy atom. The van der Waals surface area contributed by atoms with E-state index in [1.165, 1.54) is 56.4 Å². The maximum atomic E-state index is 6.30. The van der Waals surface area contributed by atoms with Crippen molar-refractivity contribution in [2.45, 2.75) is 176 Å². The number of nitrogens with one attached hydrogen (secondary N) is 1. The Morgan fingerprint density at radius 3 is 1.25 bits per heavy atom. The molecule has 0 aromatic carbocycles. The SMILES string of the molecule is CC1CC(C)C(N=C(CCCO[Si](C)(C)C)C2CCCC(C(CCCO[Si](C)(C)C)=NC3C(C)CC(C)CC3C)N2)C(C)C1. The molecule has 0 bridgehead atoms. The maximum Gasteiger partial charge on any atom is 0.183 e. The van der Waals surface area contributed by atoms with Crippen LogP contribution in [0, 0.1) is 35.5 Å². The van der Waals surface area contributed by atoms with Crippen molar-refractivity contribution in [1.29, 1.82) is 0 Å². The standard InChI is InChI=1S/C37H73N3O2Si2/c1-26-22-28(3)36(29(4)23-26)39-34(18-14-20-41-43(7,8)9)32-16-13-17-33(38-32)35(19-15-21-42-44(10,11)12)40-37-30(5)24-27(2)25-31(37)6/h26-33,36-38H,13-25H2,1-12H3. The van der Waals surface area contributed by atoms with Crippen molar-refractivity contribution in [3.8, 4) is 0 Å². The van der Waals surface area contributed by atoms with Gasteiger partial charge in [-0.15, -0.1) is 0 Å². The maximum absolute atomic E-state index is 6.30. The molecule has 1 N–H and O–H groups in total. The zero-order valence-electron chi connectivity index (χ0n) is 31.2. The van der Waals surface area contributed by atoms with Crippen molar-refractivity contribution in [1.82, 2.24) is 5.32 Å². The third-order valence-corrected chi connectivity index (χ3v) is 12.6. The van der Waals surface area contributed by atoms with Crippen LogP contribution in [0.5, 0.6) is 0 Å². The van der Waals surface area contributed by atoms with Gasteiger partial charge in [0.25, 0.3) is 0 Å². The monoisotopic (exact) mass is 648 g/mol. The molecule has 2 aliphatic carbocycles. The molecule has 3 rings (SSSR count). The van der Waals surface area contributed by atoms with Gasteiger partial charge in [0.05, 0.1) is 12.1 Å². The van der Waals surface area contributed by atoms with Crippen LogP contribution in [0.3, 0.4) is 0 Å². The van der Waals surface area contributed by atoms with Gasteiger partial charge in [0.2, 0.25) is 0 Å². The fourth-order valence-electron chi connectivity index (χ4n) is 8.68. The zero-order valence-corrected chi connectivity index (χ0v) is 33.2. The minimum Gasteiger partial charge on any atom is -0.418 e. The second kappa shape index (κ2) is 17.2. The highest BCUT2D eigenvalue weighted by molar-refractivity contribution is 6.70. The molecular weight excluding hydrogens is 575 g/mol. The third kappa shape index (κ3) is 12.7. The normalized spacial score (nSPS) is 36.5. The van der Waals surface area contributed by atoms with Crippen LogP contribution in [0.25, 0.3) is 0 Å². The lowest BCUT2D eigenvalue weighted by Gasteiger charge is -2.39. The first kappa shape index (κ1) is 38.1. The van der Waals surface area contributed by atoms with Crippen LogP contribution >= 0.6 is 0 Å². The van der Waals surface area contributed by atoms with Crippen molar-refractivity contribution in [2.24, 2.45) is 45.5 Å². The topological polar surface area (TPSA) is 55.2 Å². The summed E-state index contributed by atoms with van der Waals surface area (Å²) in [5.41, 5.74) is 2.84. The molecule has 3 aliphatic rings. The van der Waals surface area contributed by atoms with Crippen LogP contribution in [0.4, 0.5) is 0 Å². The van der Waals surface area contributed by atoms with Gasteiger partial charge in [0.15, 0.2) is 16.6 Å². The fraction of sp³-hybridized carbons (Fsp3) is 0.946. The number of nitrogens with zero attached hydrogens (tertiary/aromatic N) is 2. The summed E-state index contributed by atoms with van der Waals surface area (Å²) in [6, 6.07) is 1.59. The van der Waals surface area contributed by atoms with E-state index >= 15 is 0 Å². The van der Waals surface area contributed by atoms with E-state index < -0.39 is 16.6 Å². The molecule has 0 aromatic rings. The van der Waals surface area contributed by atoms with Crippen LogP contribution in [-0.4, -0.2) is 65.4 Å². The molecule has 6 unspecified atom stereocenters. The summed E-state index contributed by atoms with van der Waals surface area (Å²) in [7, 11) is -3.02. The summed E-state index contributed by atoms with van der Waals surface area (Å²) in [6.07, 6.45) is 13.1. The molecule has 6 atom stereocenters. The average Bonchev–Trinajstić information content (AvgIpc) is 2.89. The number of hydrogen-bond acceptors (Lipinski definition) is 5. The Labute approximate surface area is 275 Å². The zero-order chi connectivity index (χ0) is 32.7.